The topological polar surface area (TPSA) is 25.8 Å². The van der Waals surface area contributed by atoms with Crippen LogP contribution in [0.3, 0.4) is 0 Å². The van der Waals surface area contributed by atoms with Gasteiger partial charge in [0.1, 0.15) is 5.03 Å². The fourth-order valence-electron chi connectivity index (χ4n) is 1.78. The largest absolute Gasteiger partial charge is 0.245 e. The van der Waals surface area contributed by atoms with Crippen LogP contribution >= 0.6 is 23.4 Å². The van der Waals surface area contributed by atoms with E-state index >= 15 is 0 Å². The highest BCUT2D eigenvalue weighted by Gasteiger charge is 2.16. The van der Waals surface area contributed by atoms with Crippen molar-refractivity contribution in [2.45, 2.75) is 30.7 Å². The van der Waals surface area contributed by atoms with Crippen LogP contribution in [0.25, 0.3) is 0 Å². The molecule has 14 heavy (non-hydrogen) atoms. The Hall–Kier alpha value is -0.280. The molecule has 0 atom stereocenters. The van der Waals surface area contributed by atoms with Crippen LogP contribution in [0.15, 0.2) is 17.4 Å². The number of aromatic nitrogens is 2. The Labute approximate surface area is 93.5 Å². The third-order valence-corrected chi connectivity index (χ3v) is 4.15. The first-order valence-corrected chi connectivity index (χ1v) is 6.32. The molecule has 1 aliphatic rings. The minimum atomic E-state index is 0.537. The van der Waals surface area contributed by atoms with Gasteiger partial charge < -0.3 is 0 Å². The lowest BCUT2D eigenvalue weighted by Crippen LogP contribution is -1.97. The maximum atomic E-state index is 5.92. The molecule has 1 aliphatic carbocycles. The van der Waals surface area contributed by atoms with E-state index in [1.165, 1.54) is 25.7 Å². The average molecular weight is 229 g/mol. The van der Waals surface area contributed by atoms with Gasteiger partial charge in [0.25, 0.3) is 0 Å². The summed E-state index contributed by atoms with van der Waals surface area (Å²) in [6.45, 7) is 0. The molecule has 1 aromatic rings. The van der Waals surface area contributed by atoms with Crippen molar-refractivity contribution in [2.24, 2.45) is 5.92 Å². The van der Waals surface area contributed by atoms with Gasteiger partial charge in [-0.3, -0.25) is 0 Å². The van der Waals surface area contributed by atoms with Crippen molar-refractivity contribution < 1.29 is 0 Å². The fraction of sp³-hybridized carbons (Fsp3) is 0.600. The van der Waals surface area contributed by atoms with Crippen molar-refractivity contribution in [3.8, 4) is 0 Å². The third kappa shape index (κ3) is 2.61. The highest BCUT2D eigenvalue weighted by molar-refractivity contribution is 7.99. The summed E-state index contributed by atoms with van der Waals surface area (Å²) in [7, 11) is 0. The lowest BCUT2D eigenvalue weighted by Gasteiger charge is -2.07. The van der Waals surface area contributed by atoms with Crippen LogP contribution in [0.2, 0.25) is 5.15 Å². The van der Waals surface area contributed by atoms with Crippen LogP contribution in [0, 0.1) is 5.92 Å². The molecule has 1 aromatic heterocycles. The molecule has 2 nitrogen and oxygen atoms in total. The van der Waals surface area contributed by atoms with Gasteiger partial charge in [0.15, 0.2) is 5.15 Å². The van der Waals surface area contributed by atoms with Gasteiger partial charge in [0.2, 0.25) is 0 Å². The van der Waals surface area contributed by atoms with E-state index in [1.54, 1.807) is 24.2 Å². The summed E-state index contributed by atoms with van der Waals surface area (Å²) in [5.74, 6) is 2.00. The Morgan fingerprint density at radius 2 is 2.00 bits per heavy atom. The Morgan fingerprint density at radius 1 is 1.29 bits per heavy atom. The first-order valence-electron chi connectivity index (χ1n) is 4.95. The molecule has 0 bridgehead atoms. The van der Waals surface area contributed by atoms with E-state index in [9.17, 15) is 0 Å². The van der Waals surface area contributed by atoms with Crippen LogP contribution in [-0.4, -0.2) is 15.7 Å². The zero-order valence-electron chi connectivity index (χ0n) is 7.95. The van der Waals surface area contributed by atoms with E-state index in [0.29, 0.717) is 5.15 Å². The molecular formula is C10H13ClN2S. The molecule has 0 unspecified atom stereocenters. The van der Waals surface area contributed by atoms with Gasteiger partial charge in [0.05, 0.1) is 0 Å². The van der Waals surface area contributed by atoms with Crippen LogP contribution in [0.4, 0.5) is 0 Å². The van der Waals surface area contributed by atoms with Crippen molar-refractivity contribution >= 4 is 23.4 Å². The van der Waals surface area contributed by atoms with Gasteiger partial charge in [-0.15, -0.1) is 11.8 Å². The Bertz CT molecular complexity index is 300. The summed E-state index contributed by atoms with van der Waals surface area (Å²) < 4.78 is 0. The number of halogens is 1. The number of hydrogen-bond donors (Lipinski definition) is 0. The Kier molecular flexibility index (Phi) is 3.65. The van der Waals surface area contributed by atoms with Crippen molar-refractivity contribution in [2.75, 3.05) is 5.75 Å². The van der Waals surface area contributed by atoms with Gasteiger partial charge >= 0.3 is 0 Å². The van der Waals surface area contributed by atoms with Crippen molar-refractivity contribution in [3.63, 3.8) is 0 Å². The molecule has 0 aliphatic heterocycles. The minimum absolute atomic E-state index is 0.537. The molecule has 0 saturated heterocycles. The quantitative estimate of drug-likeness (QED) is 0.742. The average Bonchev–Trinajstić information content (AvgIpc) is 2.69. The van der Waals surface area contributed by atoms with Gasteiger partial charge in [-0.25, -0.2) is 9.97 Å². The molecule has 0 amide bonds. The third-order valence-electron chi connectivity index (χ3n) is 2.55. The highest BCUT2D eigenvalue weighted by atomic mass is 35.5. The van der Waals surface area contributed by atoms with E-state index in [4.69, 9.17) is 11.6 Å². The van der Waals surface area contributed by atoms with E-state index in [0.717, 1.165) is 16.7 Å². The van der Waals surface area contributed by atoms with E-state index in [2.05, 4.69) is 9.97 Å². The second-order valence-corrected chi connectivity index (χ2v) is 4.98. The fourth-order valence-corrected chi connectivity index (χ4v) is 3.08. The second kappa shape index (κ2) is 4.99. The normalized spacial score (nSPS) is 17.5. The summed E-state index contributed by atoms with van der Waals surface area (Å²) in [6.07, 6.45) is 8.83. The minimum Gasteiger partial charge on any atom is -0.245 e. The number of nitrogens with zero attached hydrogens (tertiary/aromatic N) is 2. The SMILES string of the molecule is Clc1nccnc1SCC1CCCC1. The standard InChI is InChI=1S/C10H13ClN2S/c11-9-10(13-6-5-12-9)14-7-8-3-1-2-4-8/h5-6,8H,1-4,7H2. The van der Waals surface area contributed by atoms with Crippen LogP contribution in [0.1, 0.15) is 25.7 Å². The first-order chi connectivity index (χ1) is 6.86. The second-order valence-electron chi connectivity index (χ2n) is 3.61. The van der Waals surface area contributed by atoms with Crippen LogP contribution in [-0.2, 0) is 0 Å². The maximum absolute atomic E-state index is 5.92. The van der Waals surface area contributed by atoms with E-state index in [1.807, 2.05) is 0 Å². The number of hydrogen-bond acceptors (Lipinski definition) is 3. The summed E-state index contributed by atoms with van der Waals surface area (Å²) in [6, 6.07) is 0. The summed E-state index contributed by atoms with van der Waals surface area (Å²) in [5.41, 5.74) is 0. The zero-order chi connectivity index (χ0) is 9.80. The monoisotopic (exact) mass is 228 g/mol. The molecule has 4 heteroatoms. The molecule has 1 heterocycles. The van der Waals surface area contributed by atoms with E-state index < -0.39 is 0 Å². The molecule has 1 saturated carbocycles. The highest BCUT2D eigenvalue weighted by Crippen LogP contribution is 2.31. The molecule has 0 N–H and O–H groups in total. The van der Waals surface area contributed by atoms with Gasteiger partial charge in [0, 0.05) is 18.1 Å². The predicted octanol–water partition coefficient (Wildman–Crippen LogP) is 3.41. The molecule has 0 aromatic carbocycles. The molecule has 2 rings (SSSR count). The number of rotatable bonds is 3. The maximum Gasteiger partial charge on any atom is 0.161 e. The van der Waals surface area contributed by atoms with Gasteiger partial charge in [-0.05, 0) is 18.8 Å². The lowest BCUT2D eigenvalue weighted by molar-refractivity contribution is 0.623. The first kappa shape index (κ1) is 10.2. The zero-order valence-corrected chi connectivity index (χ0v) is 9.52. The van der Waals surface area contributed by atoms with Gasteiger partial charge in [-0.1, -0.05) is 24.4 Å². The Balaban J connectivity index is 1.88. The molecule has 1 fully saturated rings. The molecular weight excluding hydrogens is 216 g/mol. The molecule has 0 radical (unpaired) electrons. The number of thioether (sulfide) groups is 1. The summed E-state index contributed by atoms with van der Waals surface area (Å²) in [4.78, 5) is 8.21. The van der Waals surface area contributed by atoms with Crippen LogP contribution < -0.4 is 0 Å². The molecule has 76 valence electrons. The van der Waals surface area contributed by atoms with Crippen molar-refractivity contribution in [1.29, 1.82) is 0 Å². The van der Waals surface area contributed by atoms with Crippen LogP contribution in [0.5, 0.6) is 0 Å². The lowest BCUT2D eigenvalue weighted by atomic mass is 10.1. The van der Waals surface area contributed by atoms with Crippen molar-refractivity contribution in [1.82, 2.24) is 9.97 Å². The van der Waals surface area contributed by atoms with Gasteiger partial charge in [-0.2, -0.15) is 0 Å². The smallest absolute Gasteiger partial charge is 0.161 e. The summed E-state index contributed by atoms with van der Waals surface area (Å²) in [5, 5.41) is 1.41. The Morgan fingerprint density at radius 3 is 2.71 bits per heavy atom. The van der Waals surface area contributed by atoms with Crippen molar-refractivity contribution in [3.05, 3.63) is 17.5 Å². The predicted molar refractivity (Wildman–Crippen MR) is 59.7 cm³/mol. The molecule has 0 spiro atoms. The summed E-state index contributed by atoms with van der Waals surface area (Å²) >= 11 is 7.65. The van der Waals surface area contributed by atoms with E-state index in [-0.39, 0.29) is 0 Å².